The molecule has 0 spiro atoms. The minimum Gasteiger partial charge on any atom is -0.376 e. The molecule has 5 nitrogen and oxygen atoms in total. The Bertz CT molecular complexity index is 1610. The number of hydrogen-bond acceptors (Lipinski definition) is 5. The average Bonchev–Trinajstić information content (AvgIpc) is 3.62. The number of alkyl halides is 3. The maximum atomic E-state index is 15.0. The quantitative estimate of drug-likeness (QED) is 0.237. The van der Waals surface area contributed by atoms with Crippen LogP contribution >= 0.6 is 22.9 Å². The van der Waals surface area contributed by atoms with Gasteiger partial charge in [-0.25, -0.2) is 17.5 Å². The summed E-state index contributed by atoms with van der Waals surface area (Å²) >= 11 is 7.48. The topological polar surface area (TPSA) is 79.3 Å². The summed E-state index contributed by atoms with van der Waals surface area (Å²) in [4.78, 5) is 4.67. The molecular weight excluding hydrogens is 564 g/mol. The van der Waals surface area contributed by atoms with E-state index in [-0.39, 0.29) is 21.8 Å². The van der Waals surface area contributed by atoms with Crippen molar-refractivity contribution in [2.45, 2.75) is 42.8 Å². The lowest BCUT2D eigenvalue weighted by Gasteiger charge is -2.26. The van der Waals surface area contributed by atoms with Crippen LogP contribution in [0.4, 0.5) is 17.6 Å². The molecule has 5 rings (SSSR count). The van der Waals surface area contributed by atoms with Crippen LogP contribution in [-0.4, -0.2) is 29.9 Å². The number of nitrogens with zero attached hydrogens (tertiary/aromatic N) is 1. The van der Waals surface area contributed by atoms with Gasteiger partial charge < -0.3 is 5.11 Å². The second kappa shape index (κ2) is 9.56. The zero-order valence-electron chi connectivity index (χ0n) is 19.8. The number of pyridine rings is 1. The van der Waals surface area contributed by atoms with E-state index in [9.17, 15) is 31.1 Å². The molecule has 1 aliphatic rings. The van der Waals surface area contributed by atoms with Crippen LogP contribution in [0.2, 0.25) is 5.02 Å². The van der Waals surface area contributed by atoms with Crippen LogP contribution in [-0.2, 0) is 15.6 Å². The lowest BCUT2D eigenvalue weighted by atomic mass is 9.94. The van der Waals surface area contributed by atoms with E-state index in [1.807, 2.05) is 0 Å². The highest BCUT2D eigenvalue weighted by molar-refractivity contribution is 7.90. The summed E-state index contributed by atoms with van der Waals surface area (Å²) in [6.45, 7) is 0.671. The summed E-state index contributed by atoms with van der Waals surface area (Å²) in [6.07, 6.45) is -2.71. The first-order valence-corrected chi connectivity index (χ1v) is 14.3. The first-order chi connectivity index (χ1) is 17.8. The van der Waals surface area contributed by atoms with Crippen LogP contribution in [0, 0.1) is 5.82 Å². The van der Waals surface area contributed by atoms with Crippen molar-refractivity contribution in [2.24, 2.45) is 0 Å². The summed E-state index contributed by atoms with van der Waals surface area (Å²) in [5, 5.41) is 10.3. The summed E-state index contributed by atoms with van der Waals surface area (Å²) in [7, 11) is -3.77. The van der Waals surface area contributed by atoms with E-state index < -0.39 is 38.9 Å². The largest absolute Gasteiger partial charge is 0.421 e. The highest BCUT2D eigenvalue weighted by atomic mass is 35.5. The van der Waals surface area contributed by atoms with Crippen molar-refractivity contribution in [3.8, 4) is 11.3 Å². The van der Waals surface area contributed by atoms with Gasteiger partial charge in [0.05, 0.1) is 17.0 Å². The van der Waals surface area contributed by atoms with E-state index in [0.29, 0.717) is 40.3 Å². The third-order valence-corrected chi connectivity index (χ3v) is 10.0. The number of sulfonamides is 1. The second-order valence-corrected chi connectivity index (χ2v) is 12.8. The fourth-order valence-corrected chi connectivity index (χ4v) is 7.27. The van der Waals surface area contributed by atoms with Crippen molar-refractivity contribution in [1.82, 2.24) is 9.71 Å². The fourth-order valence-electron chi connectivity index (χ4n) is 4.16. The van der Waals surface area contributed by atoms with Gasteiger partial charge in [0, 0.05) is 31.9 Å². The van der Waals surface area contributed by atoms with E-state index >= 15 is 0 Å². The van der Waals surface area contributed by atoms with Gasteiger partial charge in [0.15, 0.2) is 5.60 Å². The van der Waals surface area contributed by atoms with Crippen LogP contribution in [0.15, 0.2) is 60.8 Å². The molecule has 0 bridgehead atoms. The van der Waals surface area contributed by atoms with E-state index in [4.69, 9.17) is 11.6 Å². The van der Waals surface area contributed by atoms with Crippen LogP contribution in [0.25, 0.3) is 21.3 Å². The lowest BCUT2D eigenvalue weighted by molar-refractivity contribution is -0.258. The zero-order valence-corrected chi connectivity index (χ0v) is 22.1. The summed E-state index contributed by atoms with van der Waals surface area (Å²) in [5.41, 5.74) is -2.83. The minimum absolute atomic E-state index is 0.0205. The van der Waals surface area contributed by atoms with Gasteiger partial charge in [-0.15, -0.1) is 11.3 Å². The maximum Gasteiger partial charge on any atom is 0.421 e. The number of halogens is 5. The molecule has 2 N–H and O–H groups in total. The molecule has 4 aromatic rings. The second-order valence-electron chi connectivity index (χ2n) is 9.30. The number of thiophene rings is 1. The fraction of sp³-hybridized carbons (Fsp3) is 0.269. The highest BCUT2D eigenvalue weighted by Gasteiger charge is 2.51. The zero-order chi connectivity index (χ0) is 27.5. The standard InChI is InChI=1S/C26H21ClF4N2O3S2/c1-25(34,26(29,30)31)15-10-11-32-20(13-15)17-5-2-4-14-12-21(37-24(14)17)23(33-38(35,36)16-8-9-16)22-18(27)6-3-7-19(22)28/h2-7,10-13,16,23,33-34H,8-9H2,1H3. The molecule has 2 aromatic heterocycles. The summed E-state index contributed by atoms with van der Waals surface area (Å²) < 4.78 is 84.4. The van der Waals surface area contributed by atoms with E-state index in [0.717, 1.165) is 17.4 Å². The van der Waals surface area contributed by atoms with Crippen molar-refractivity contribution < 1.29 is 31.1 Å². The SMILES string of the molecule is CC(O)(c1ccnc(-c2cccc3cc(C(NS(=O)(=O)C4CC4)c4c(F)cccc4Cl)sc23)c1)C(F)(F)F. The van der Waals surface area contributed by atoms with Crippen molar-refractivity contribution in [3.63, 3.8) is 0 Å². The smallest absolute Gasteiger partial charge is 0.376 e. The van der Waals surface area contributed by atoms with E-state index in [2.05, 4.69) is 9.71 Å². The Hall–Kier alpha value is -2.57. The molecular formula is C26H21ClF4N2O3S2. The van der Waals surface area contributed by atoms with E-state index in [1.54, 1.807) is 24.3 Å². The number of fused-ring (bicyclic) bond motifs is 1. The van der Waals surface area contributed by atoms with Gasteiger partial charge in [0.2, 0.25) is 10.0 Å². The minimum atomic E-state index is -4.90. The predicted octanol–water partition coefficient (Wildman–Crippen LogP) is 6.70. The van der Waals surface area contributed by atoms with Gasteiger partial charge in [-0.2, -0.15) is 13.2 Å². The Balaban J connectivity index is 1.64. The third-order valence-electron chi connectivity index (χ3n) is 6.53. The van der Waals surface area contributed by atoms with E-state index in [1.165, 1.54) is 30.5 Å². The van der Waals surface area contributed by atoms with Crippen LogP contribution < -0.4 is 4.72 Å². The first kappa shape index (κ1) is 27.0. The van der Waals surface area contributed by atoms with Crippen LogP contribution in [0.5, 0.6) is 0 Å². The molecule has 2 aromatic carbocycles. The maximum absolute atomic E-state index is 15.0. The summed E-state index contributed by atoms with van der Waals surface area (Å²) in [5.74, 6) is -0.678. The molecule has 0 saturated heterocycles. The van der Waals surface area contributed by atoms with Gasteiger partial charge in [-0.1, -0.05) is 35.9 Å². The predicted molar refractivity (Wildman–Crippen MR) is 139 cm³/mol. The Labute approximate surface area is 225 Å². The Kier molecular flexibility index (Phi) is 6.80. The number of benzene rings is 2. The van der Waals surface area contributed by atoms with Crippen molar-refractivity contribution in [1.29, 1.82) is 0 Å². The monoisotopic (exact) mass is 584 g/mol. The molecule has 2 unspecified atom stereocenters. The number of rotatable bonds is 7. The summed E-state index contributed by atoms with van der Waals surface area (Å²) in [6, 6.07) is 12.0. The van der Waals surface area contributed by atoms with Crippen molar-refractivity contribution >= 4 is 43.0 Å². The number of nitrogens with one attached hydrogen (secondary N) is 1. The molecule has 2 heterocycles. The molecule has 2 atom stereocenters. The third kappa shape index (κ3) is 4.93. The first-order valence-electron chi connectivity index (χ1n) is 11.5. The number of aliphatic hydroxyl groups is 1. The molecule has 0 aliphatic heterocycles. The normalized spacial score (nSPS) is 16.9. The molecule has 1 saturated carbocycles. The Morgan fingerprint density at radius 3 is 2.50 bits per heavy atom. The van der Waals surface area contributed by atoms with Gasteiger partial charge >= 0.3 is 6.18 Å². The Morgan fingerprint density at radius 1 is 1.13 bits per heavy atom. The van der Waals surface area contributed by atoms with Crippen molar-refractivity contribution in [2.75, 3.05) is 0 Å². The molecule has 38 heavy (non-hydrogen) atoms. The Morgan fingerprint density at radius 2 is 1.84 bits per heavy atom. The molecule has 0 radical (unpaired) electrons. The molecule has 0 amide bonds. The van der Waals surface area contributed by atoms with Gasteiger partial charge in [0.1, 0.15) is 5.82 Å². The molecule has 1 aliphatic carbocycles. The van der Waals surface area contributed by atoms with Gasteiger partial charge in [0.25, 0.3) is 0 Å². The highest BCUT2D eigenvalue weighted by Crippen LogP contribution is 2.43. The van der Waals surface area contributed by atoms with Crippen molar-refractivity contribution in [3.05, 3.63) is 87.6 Å². The number of hydrogen-bond donors (Lipinski definition) is 2. The van der Waals surface area contributed by atoms with Gasteiger partial charge in [-0.05, 0) is 61.0 Å². The number of aromatic nitrogens is 1. The van der Waals surface area contributed by atoms with Gasteiger partial charge in [-0.3, -0.25) is 4.98 Å². The lowest BCUT2D eigenvalue weighted by Crippen LogP contribution is -2.39. The molecule has 200 valence electrons. The average molecular weight is 585 g/mol. The molecule has 12 heteroatoms. The van der Waals surface area contributed by atoms with Crippen LogP contribution in [0.3, 0.4) is 0 Å². The van der Waals surface area contributed by atoms with Crippen LogP contribution in [0.1, 0.15) is 41.8 Å². The molecule has 1 fully saturated rings.